The number of benzene rings is 1. The Morgan fingerprint density at radius 2 is 2.12 bits per heavy atom. The average Bonchev–Trinajstić information content (AvgIpc) is 3.13. The molecule has 2 unspecified atom stereocenters. The Labute approximate surface area is 100 Å². The molecule has 0 aliphatic heterocycles. The Kier molecular flexibility index (Phi) is 3.74. The van der Waals surface area contributed by atoms with Crippen molar-refractivity contribution in [2.45, 2.75) is 32.2 Å². The molecule has 17 heavy (non-hydrogen) atoms. The Hall–Kier alpha value is -1.00. The molecule has 0 radical (unpaired) electrons. The molecule has 1 aromatic rings. The summed E-state index contributed by atoms with van der Waals surface area (Å²) in [5, 5.41) is 0. The molecule has 1 saturated carbocycles. The number of rotatable bonds is 5. The molecular formula is C13H18F2N2. The summed E-state index contributed by atoms with van der Waals surface area (Å²) in [5.41, 5.74) is 3.12. The fourth-order valence-electron chi connectivity index (χ4n) is 2.28. The molecule has 2 rings (SSSR count). The van der Waals surface area contributed by atoms with Crippen LogP contribution in [0.25, 0.3) is 0 Å². The summed E-state index contributed by atoms with van der Waals surface area (Å²) in [6, 6.07) is 3.55. The third kappa shape index (κ3) is 3.01. The number of hydrogen-bond donors (Lipinski definition) is 2. The predicted molar refractivity (Wildman–Crippen MR) is 63.1 cm³/mol. The van der Waals surface area contributed by atoms with Crippen LogP contribution < -0.4 is 11.3 Å². The van der Waals surface area contributed by atoms with Gasteiger partial charge in [0.1, 0.15) is 11.6 Å². The van der Waals surface area contributed by atoms with Gasteiger partial charge in [-0.2, -0.15) is 0 Å². The smallest absolute Gasteiger partial charge is 0.126 e. The van der Waals surface area contributed by atoms with Crippen molar-refractivity contribution >= 4 is 0 Å². The van der Waals surface area contributed by atoms with Crippen LogP contribution in [-0.2, 0) is 6.42 Å². The van der Waals surface area contributed by atoms with Crippen molar-refractivity contribution in [1.82, 2.24) is 5.43 Å². The molecule has 1 aliphatic carbocycles. The molecular weight excluding hydrogens is 222 g/mol. The summed E-state index contributed by atoms with van der Waals surface area (Å²) in [6.07, 6.45) is 2.85. The molecule has 4 heteroatoms. The van der Waals surface area contributed by atoms with Crippen LogP contribution in [-0.4, -0.2) is 6.04 Å². The van der Waals surface area contributed by atoms with Crippen LogP contribution in [0.15, 0.2) is 18.2 Å². The number of nitrogens with two attached hydrogens (primary N) is 1. The van der Waals surface area contributed by atoms with Gasteiger partial charge in [-0.05, 0) is 54.9 Å². The lowest BCUT2D eigenvalue weighted by Gasteiger charge is -2.23. The van der Waals surface area contributed by atoms with E-state index in [9.17, 15) is 8.78 Å². The van der Waals surface area contributed by atoms with E-state index in [4.69, 9.17) is 5.84 Å². The van der Waals surface area contributed by atoms with Gasteiger partial charge < -0.3 is 0 Å². The molecule has 3 N–H and O–H groups in total. The highest BCUT2D eigenvalue weighted by Crippen LogP contribution is 2.38. The van der Waals surface area contributed by atoms with Crippen molar-refractivity contribution in [3.63, 3.8) is 0 Å². The van der Waals surface area contributed by atoms with Gasteiger partial charge in [-0.15, -0.1) is 0 Å². The molecule has 0 amide bonds. The fourth-order valence-corrected chi connectivity index (χ4v) is 2.28. The first-order valence-corrected chi connectivity index (χ1v) is 6.02. The van der Waals surface area contributed by atoms with Crippen LogP contribution in [0.3, 0.4) is 0 Å². The maximum Gasteiger partial charge on any atom is 0.126 e. The quantitative estimate of drug-likeness (QED) is 0.612. The molecule has 1 aromatic carbocycles. The van der Waals surface area contributed by atoms with Crippen LogP contribution in [0.2, 0.25) is 0 Å². The maximum atomic E-state index is 13.5. The van der Waals surface area contributed by atoms with Crippen molar-refractivity contribution < 1.29 is 8.78 Å². The van der Waals surface area contributed by atoms with Crippen molar-refractivity contribution in [3.8, 4) is 0 Å². The fraction of sp³-hybridized carbons (Fsp3) is 0.538. The highest BCUT2D eigenvalue weighted by molar-refractivity contribution is 5.20. The predicted octanol–water partition coefficient (Wildman–Crippen LogP) is 2.39. The third-order valence-corrected chi connectivity index (χ3v) is 3.66. The van der Waals surface area contributed by atoms with E-state index in [1.807, 2.05) is 0 Å². The second-order valence-corrected chi connectivity index (χ2v) is 4.91. The van der Waals surface area contributed by atoms with E-state index in [0.29, 0.717) is 23.8 Å². The van der Waals surface area contributed by atoms with Gasteiger partial charge in [0, 0.05) is 6.04 Å². The Balaban J connectivity index is 2.08. The average molecular weight is 240 g/mol. The van der Waals surface area contributed by atoms with Crippen LogP contribution in [0.1, 0.15) is 25.3 Å². The Bertz CT molecular complexity index is 391. The van der Waals surface area contributed by atoms with Crippen LogP contribution >= 0.6 is 0 Å². The second kappa shape index (κ2) is 5.10. The summed E-state index contributed by atoms with van der Waals surface area (Å²) >= 11 is 0. The molecule has 0 spiro atoms. The summed E-state index contributed by atoms with van der Waals surface area (Å²) in [6.45, 7) is 2.11. The van der Waals surface area contributed by atoms with Gasteiger partial charge in [-0.25, -0.2) is 8.78 Å². The van der Waals surface area contributed by atoms with E-state index in [1.54, 1.807) is 0 Å². The first-order chi connectivity index (χ1) is 8.11. The summed E-state index contributed by atoms with van der Waals surface area (Å²) in [5.74, 6) is 5.80. The number of halogens is 2. The number of hydrogen-bond acceptors (Lipinski definition) is 2. The second-order valence-electron chi connectivity index (χ2n) is 4.91. The third-order valence-electron chi connectivity index (χ3n) is 3.66. The molecule has 0 aromatic heterocycles. The summed E-state index contributed by atoms with van der Waals surface area (Å²) in [7, 11) is 0. The van der Waals surface area contributed by atoms with Crippen molar-refractivity contribution in [3.05, 3.63) is 35.4 Å². The minimum absolute atomic E-state index is 0.00111. The monoisotopic (exact) mass is 240 g/mol. The largest absolute Gasteiger partial charge is 0.271 e. The highest BCUT2D eigenvalue weighted by atomic mass is 19.1. The zero-order valence-electron chi connectivity index (χ0n) is 9.92. The molecule has 2 atom stereocenters. The molecule has 0 saturated heterocycles. The molecule has 94 valence electrons. The van der Waals surface area contributed by atoms with E-state index in [0.717, 1.165) is 6.07 Å². The molecule has 2 nitrogen and oxygen atoms in total. The van der Waals surface area contributed by atoms with Gasteiger partial charge in [0.15, 0.2) is 0 Å². The highest BCUT2D eigenvalue weighted by Gasteiger charge is 2.33. The Morgan fingerprint density at radius 3 is 2.71 bits per heavy atom. The van der Waals surface area contributed by atoms with Crippen LogP contribution in [0.5, 0.6) is 0 Å². The van der Waals surface area contributed by atoms with Crippen LogP contribution in [0, 0.1) is 23.5 Å². The molecule has 0 heterocycles. The maximum absolute atomic E-state index is 13.5. The zero-order chi connectivity index (χ0) is 12.4. The van der Waals surface area contributed by atoms with Gasteiger partial charge in [0.2, 0.25) is 0 Å². The minimum Gasteiger partial charge on any atom is -0.271 e. The summed E-state index contributed by atoms with van der Waals surface area (Å²) < 4.78 is 26.6. The first-order valence-electron chi connectivity index (χ1n) is 6.02. The molecule has 0 bridgehead atoms. The minimum atomic E-state index is -0.406. The van der Waals surface area contributed by atoms with E-state index >= 15 is 0 Å². The van der Waals surface area contributed by atoms with Crippen molar-refractivity contribution in [2.75, 3.05) is 0 Å². The number of hydrazine groups is 1. The molecule has 1 fully saturated rings. The standard InChI is InChI=1S/C13H18F2N2/c1-8(9-2-3-9)13(17-16)7-10-6-11(14)4-5-12(10)15/h4-6,8-9,13,17H,2-3,7,16H2,1H3. The lowest BCUT2D eigenvalue weighted by molar-refractivity contribution is 0.340. The zero-order valence-corrected chi connectivity index (χ0v) is 9.92. The van der Waals surface area contributed by atoms with Gasteiger partial charge in [-0.3, -0.25) is 11.3 Å². The van der Waals surface area contributed by atoms with Crippen LogP contribution in [0.4, 0.5) is 8.78 Å². The summed E-state index contributed by atoms with van der Waals surface area (Å²) in [4.78, 5) is 0. The normalized spacial score (nSPS) is 19.1. The van der Waals surface area contributed by atoms with E-state index < -0.39 is 5.82 Å². The van der Waals surface area contributed by atoms with Crippen molar-refractivity contribution in [2.24, 2.45) is 17.7 Å². The van der Waals surface area contributed by atoms with Gasteiger partial charge in [0.05, 0.1) is 0 Å². The van der Waals surface area contributed by atoms with Gasteiger partial charge in [-0.1, -0.05) is 6.92 Å². The van der Waals surface area contributed by atoms with E-state index in [2.05, 4.69) is 12.3 Å². The van der Waals surface area contributed by atoms with E-state index in [1.165, 1.54) is 25.0 Å². The first kappa shape index (κ1) is 12.5. The van der Waals surface area contributed by atoms with Gasteiger partial charge in [0.25, 0.3) is 0 Å². The van der Waals surface area contributed by atoms with Crippen molar-refractivity contribution in [1.29, 1.82) is 0 Å². The number of nitrogens with one attached hydrogen (secondary N) is 1. The SMILES string of the molecule is CC(C1CC1)C(Cc1cc(F)ccc1F)NN. The lowest BCUT2D eigenvalue weighted by Crippen LogP contribution is -2.42. The Morgan fingerprint density at radius 1 is 1.41 bits per heavy atom. The van der Waals surface area contributed by atoms with Gasteiger partial charge >= 0.3 is 0 Å². The van der Waals surface area contributed by atoms with E-state index in [-0.39, 0.29) is 11.9 Å². The molecule has 1 aliphatic rings. The topological polar surface area (TPSA) is 38.0 Å². The lowest BCUT2D eigenvalue weighted by atomic mass is 9.91.